The number of hydrogen-bond donors (Lipinski definition) is 1. The summed E-state index contributed by atoms with van der Waals surface area (Å²) in [4.78, 5) is 10.8. The number of aliphatic hydroxyl groups is 1. The van der Waals surface area contributed by atoms with Gasteiger partial charge in [-0.3, -0.25) is 0 Å². The van der Waals surface area contributed by atoms with Crippen LogP contribution in [0.5, 0.6) is 0 Å². The summed E-state index contributed by atoms with van der Waals surface area (Å²) in [5.41, 5.74) is 0. The molecule has 0 aliphatic carbocycles. The Hall–Kier alpha value is -1.04. The first-order chi connectivity index (χ1) is 5.29. The number of esters is 1. The van der Waals surface area contributed by atoms with E-state index in [1.54, 1.807) is 0 Å². The Labute approximate surface area is 64.5 Å². The Kier molecular flexibility index (Phi) is 2.48. The minimum atomic E-state index is -0.745. The molecular formula is C5H8BNO4+. The van der Waals surface area contributed by atoms with Gasteiger partial charge in [0.05, 0.1) is 7.11 Å². The Morgan fingerprint density at radius 1 is 2.00 bits per heavy atom. The number of methoxy groups -OCH3 is 1. The number of rotatable bonds is 3. The van der Waals surface area contributed by atoms with E-state index in [1.807, 2.05) is 0 Å². The fourth-order valence-electron chi connectivity index (χ4n) is 0.703. The van der Waals surface area contributed by atoms with E-state index in [0.29, 0.717) is 0 Å². The molecule has 0 aromatic heterocycles. The second-order valence-electron chi connectivity index (χ2n) is 1.97. The molecule has 6 heteroatoms. The minimum absolute atomic E-state index is 0.322. The fraction of sp³-hybridized carbons (Fsp3) is 0.600. The molecular weight excluding hydrogens is 149 g/mol. The lowest BCUT2D eigenvalue weighted by molar-refractivity contribution is -0.777. The van der Waals surface area contributed by atoms with Gasteiger partial charge in [-0.15, -0.1) is 0 Å². The predicted octanol–water partition coefficient (Wildman–Crippen LogP) is -1.87. The molecule has 1 N–H and O–H groups in total. The molecule has 11 heavy (non-hydrogen) atoms. The molecule has 1 unspecified atom stereocenters. The monoisotopic (exact) mass is 157 g/mol. The zero-order valence-corrected chi connectivity index (χ0v) is 6.06. The molecule has 5 nitrogen and oxygen atoms in total. The van der Waals surface area contributed by atoms with Crippen molar-refractivity contribution in [3.8, 4) is 0 Å². The summed E-state index contributed by atoms with van der Waals surface area (Å²) in [6, 6.07) is -0.745. The quantitative estimate of drug-likeness (QED) is 0.296. The van der Waals surface area contributed by atoms with E-state index in [0.717, 1.165) is 0 Å². The van der Waals surface area contributed by atoms with E-state index in [2.05, 4.69) is 4.74 Å². The van der Waals surface area contributed by atoms with Gasteiger partial charge in [-0.05, 0) is 4.74 Å². The molecule has 0 amide bonds. The van der Waals surface area contributed by atoms with Gasteiger partial charge in [-0.1, -0.05) is 0 Å². The maximum Gasteiger partial charge on any atom is 0.585 e. The van der Waals surface area contributed by atoms with E-state index in [-0.39, 0.29) is 6.61 Å². The van der Waals surface area contributed by atoms with Crippen LogP contribution in [0.15, 0.2) is 0 Å². The molecule has 1 atom stereocenters. The van der Waals surface area contributed by atoms with Crippen LogP contribution in [0.4, 0.5) is 0 Å². The number of hydrogen-bond acceptors (Lipinski definition) is 4. The van der Waals surface area contributed by atoms with Gasteiger partial charge in [0.25, 0.3) is 0 Å². The van der Waals surface area contributed by atoms with E-state index < -0.39 is 12.0 Å². The van der Waals surface area contributed by atoms with E-state index in [1.165, 1.54) is 25.4 Å². The van der Waals surface area contributed by atoms with Gasteiger partial charge in [0, 0.05) is 0 Å². The van der Waals surface area contributed by atoms with Crippen molar-refractivity contribution in [3.63, 3.8) is 0 Å². The lowest BCUT2D eigenvalue weighted by Crippen LogP contribution is -2.45. The maximum atomic E-state index is 10.8. The maximum absolute atomic E-state index is 10.8. The molecule has 59 valence electrons. The molecule has 0 saturated heterocycles. The second-order valence-corrected chi connectivity index (χ2v) is 1.97. The topological polar surface area (TPSA) is 58.8 Å². The average Bonchev–Trinajstić information content (AvgIpc) is 1.94. The Morgan fingerprint density at radius 2 is 2.64 bits per heavy atom. The van der Waals surface area contributed by atoms with Gasteiger partial charge < -0.3 is 14.6 Å². The van der Waals surface area contributed by atoms with Crippen LogP contribution in [0.25, 0.3) is 0 Å². The molecule has 1 radical (unpaired) electrons. The predicted molar refractivity (Wildman–Crippen MR) is 36.1 cm³/mol. The molecule has 0 aromatic carbocycles. The lowest BCUT2D eigenvalue weighted by atomic mass is 10.0. The highest BCUT2D eigenvalue weighted by Crippen LogP contribution is 1.98. The van der Waals surface area contributed by atoms with Crippen LogP contribution in [0, 0.1) is 0 Å². The zero-order valence-electron chi connectivity index (χ0n) is 6.06. The van der Waals surface area contributed by atoms with Gasteiger partial charge >= 0.3 is 19.5 Å². The number of carbonyl (C=O) groups excluding carboxylic acids is 1. The van der Waals surface area contributed by atoms with E-state index in [9.17, 15) is 4.79 Å². The summed E-state index contributed by atoms with van der Waals surface area (Å²) in [5.74, 6) is -0.517. The third-order valence-corrected chi connectivity index (χ3v) is 1.34. The van der Waals surface area contributed by atoms with Crippen molar-refractivity contribution in [1.29, 1.82) is 0 Å². The average molecular weight is 157 g/mol. The van der Waals surface area contributed by atoms with Crippen molar-refractivity contribution in [2.24, 2.45) is 0 Å². The minimum Gasteiger partial charge on any atom is -0.464 e. The van der Waals surface area contributed by atoms with Crippen molar-refractivity contribution in [2.45, 2.75) is 6.04 Å². The van der Waals surface area contributed by atoms with Gasteiger partial charge in [-0.25, -0.2) is 4.79 Å². The third-order valence-electron chi connectivity index (χ3n) is 1.34. The highest BCUT2D eigenvalue weighted by Gasteiger charge is 2.37. The number of nitrogens with zero attached hydrogens (tertiary/aromatic N) is 1. The van der Waals surface area contributed by atoms with Crippen molar-refractivity contribution in [3.05, 3.63) is 0 Å². The van der Waals surface area contributed by atoms with Crippen LogP contribution in [0.2, 0.25) is 0 Å². The van der Waals surface area contributed by atoms with Crippen LogP contribution in [-0.4, -0.2) is 49.2 Å². The Bertz CT molecular complexity index is 193. The van der Waals surface area contributed by atoms with Crippen molar-refractivity contribution in [1.82, 2.24) is 0 Å². The molecule has 1 rings (SSSR count). The normalized spacial score (nSPS) is 16.7. The van der Waals surface area contributed by atoms with Crippen molar-refractivity contribution < 1.29 is 24.1 Å². The molecule has 1 aliphatic heterocycles. The van der Waals surface area contributed by atoms with Gasteiger partial charge in [-0.2, -0.15) is 0 Å². The SMILES string of the molecule is COC(=O)C(CO)[N+]1=C[B]O1. The summed E-state index contributed by atoms with van der Waals surface area (Å²) in [5, 5.41) is 8.71. The molecule has 1 heterocycles. The van der Waals surface area contributed by atoms with Crippen LogP contribution in [-0.2, 0) is 14.3 Å². The molecule has 0 fully saturated rings. The summed E-state index contributed by atoms with van der Waals surface area (Å²) >= 11 is 0. The lowest BCUT2D eigenvalue weighted by Gasteiger charge is -2.13. The standard InChI is InChI=1S/C5H8BNO4/c1-10-5(9)4(2-8)7-3-6-11-7/h3-4,8H,2H2,1H3/q+1. The fourth-order valence-corrected chi connectivity index (χ4v) is 0.703. The molecule has 0 bridgehead atoms. The molecule has 0 aromatic rings. The van der Waals surface area contributed by atoms with Crippen LogP contribution < -0.4 is 0 Å². The Morgan fingerprint density at radius 3 is 2.91 bits per heavy atom. The Balaban J connectivity index is 2.55. The summed E-state index contributed by atoms with van der Waals surface area (Å²) in [7, 11) is 2.67. The highest BCUT2D eigenvalue weighted by atomic mass is 16.6. The molecule has 1 aliphatic rings. The van der Waals surface area contributed by atoms with E-state index >= 15 is 0 Å². The first-order valence-corrected chi connectivity index (χ1v) is 3.10. The summed E-state index contributed by atoms with van der Waals surface area (Å²) in [6.07, 6.45) is 1.54. The molecule has 0 spiro atoms. The third kappa shape index (κ3) is 1.51. The van der Waals surface area contributed by atoms with E-state index in [4.69, 9.17) is 9.86 Å². The van der Waals surface area contributed by atoms with Crippen molar-refractivity contribution in [2.75, 3.05) is 13.7 Å². The van der Waals surface area contributed by atoms with Crippen LogP contribution >= 0.6 is 0 Å². The number of carbonyl (C=O) groups is 1. The molecule has 0 saturated carbocycles. The van der Waals surface area contributed by atoms with Crippen LogP contribution in [0.3, 0.4) is 0 Å². The number of hydroxylamine groups is 1. The first-order valence-electron chi connectivity index (χ1n) is 3.10. The van der Waals surface area contributed by atoms with Crippen LogP contribution in [0.1, 0.15) is 0 Å². The summed E-state index contributed by atoms with van der Waals surface area (Å²) < 4.78 is 10.3. The second kappa shape index (κ2) is 3.38. The number of ether oxygens (including phenoxy) is 1. The zero-order chi connectivity index (χ0) is 8.27. The largest absolute Gasteiger partial charge is 0.585 e. The van der Waals surface area contributed by atoms with Gasteiger partial charge in [0.2, 0.25) is 6.11 Å². The number of aliphatic hydroxyl groups excluding tert-OH is 1. The summed E-state index contributed by atoms with van der Waals surface area (Å²) in [6.45, 7) is -0.322. The van der Waals surface area contributed by atoms with Gasteiger partial charge in [0.1, 0.15) is 6.61 Å². The van der Waals surface area contributed by atoms with Gasteiger partial charge in [0.15, 0.2) is 0 Å². The highest BCUT2D eigenvalue weighted by molar-refractivity contribution is 6.62. The van der Waals surface area contributed by atoms with Crippen molar-refractivity contribution >= 4 is 19.6 Å². The first kappa shape index (κ1) is 8.07. The smallest absolute Gasteiger partial charge is 0.464 e.